The predicted molar refractivity (Wildman–Crippen MR) is 301 cm³/mol. The fourth-order valence-corrected chi connectivity index (χ4v) is 14.6. The number of benzene rings is 2. The molecule has 0 saturated carbocycles. The van der Waals surface area contributed by atoms with E-state index in [0.717, 1.165) is 33.3 Å². The summed E-state index contributed by atoms with van der Waals surface area (Å²) >= 11 is 4.69. The third-order valence-electron chi connectivity index (χ3n) is 14.6. The summed E-state index contributed by atoms with van der Waals surface area (Å²) in [6.07, 6.45) is 0. The van der Waals surface area contributed by atoms with Crippen LogP contribution in [0.1, 0.15) is 37.1 Å². The first-order chi connectivity index (χ1) is 41.7. The molecule has 456 valence electrons. The summed E-state index contributed by atoms with van der Waals surface area (Å²) in [4.78, 5) is 169. The number of carbonyl (C=O) groups excluding carboxylic acids is 11. The molecule has 87 heavy (non-hydrogen) atoms. The minimum atomic E-state index is -1.69. The number of phenolic OH excluding ortho intramolecular Hbond substituents is 1. The van der Waals surface area contributed by atoms with E-state index >= 15 is 0 Å². The Balaban J connectivity index is 0.873. The molecule has 2 aromatic carbocycles. The monoisotopic (exact) mass is 1270 g/mol. The summed E-state index contributed by atoms with van der Waals surface area (Å²) < 4.78 is 8.69. The number of ether oxygens (including phenoxy) is 1. The zero-order valence-corrected chi connectivity index (χ0v) is 49.5. The highest BCUT2D eigenvalue weighted by Crippen LogP contribution is 2.44. The van der Waals surface area contributed by atoms with Crippen LogP contribution in [0.25, 0.3) is 0 Å². The molecule has 0 radical (unpaired) electrons. The normalized spacial score (nSPS) is 21.0. The molecule has 10 rings (SSSR count). The number of β-lactam (4-membered cyclic amide) rings is 2. The number of likely N-dealkylation sites (N-methyl/N-ethyl adjacent to an activating group) is 2. The van der Waals surface area contributed by atoms with Crippen LogP contribution in [0.15, 0.2) is 81.4 Å². The van der Waals surface area contributed by atoms with Gasteiger partial charge in [0, 0.05) is 76.4 Å². The van der Waals surface area contributed by atoms with Crippen molar-refractivity contribution < 1.29 is 72.5 Å². The summed E-state index contributed by atoms with van der Waals surface area (Å²) in [7, 11) is 3.21. The van der Waals surface area contributed by atoms with Crippen molar-refractivity contribution in [3.05, 3.63) is 82.2 Å². The fraction of sp³-hybridized carbons (Fsp3) is 0.400. The number of piperazine rings is 2. The first-order valence-electron chi connectivity index (χ1n) is 26.5. The first kappa shape index (κ1) is 61.0. The molecule has 33 nitrogen and oxygen atoms in total. The van der Waals surface area contributed by atoms with Gasteiger partial charge < -0.3 is 46.0 Å². The zero-order valence-electron chi connectivity index (χ0n) is 46.2. The van der Waals surface area contributed by atoms with Gasteiger partial charge in [-0.25, -0.2) is 28.5 Å². The number of aryl methyl sites for hydroxylation is 2. The van der Waals surface area contributed by atoms with Crippen LogP contribution in [0.5, 0.6) is 11.5 Å². The van der Waals surface area contributed by atoms with E-state index in [9.17, 15) is 67.7 Å². The topological polar surface area (TPSA) is 409 Å². The number of aliphatic carboxylic acids is 1. The van der Waals surface area contributed by atoms with Gasteiger partial charge in [0.25, 0.3) is 11.8 Å². The van der Waals surface area contributed by atoms with E-state index in [2.05, 4.69) is 52.3 Å². The number of fused-ring (bicyclic) bond motifs is 2. The Bertz CT molecular complexity index is 3600. The lowest BCUT2D eigenvalue weighted by Crippen LogP contribution is -2.71. The van der Waals surface area contributed by atoms with Crippen molar-refractivity contribution in [3.8, 4) is 11.5 Å². The number of aromatic hydroxyl groups is 1. The van der Waals surface area contributed by atoms with Gasteiger partial charge >= 0.3 is 47.6 Å². The highest BCUT2D eigenvalue weighted by molar-refractivity contribution is 8.01. The lowest BCUT2D eigenvalue weighted by atomic mass is 10.0. The Kier molecular flexibility index (Phi) is 17.9. The van der Waals surface area contributed by atoms with Crippen LogP contribution in [0, 0.1) is 0 Å². The van der Waals surface area contributed by atoms with E-state index in [4.69, 9.17) is 4.74 Å². The number of thioether (sulfide) groups is 4. The molecule has 0 unspecified atom stereocenters. The number of phenols is 1. The average molecular weight is 1270 g/mol. The number of carboxylic acid groups (broad SMARTS) is 1. The second-order valence-electron chi connectivity index (χ2n) is 19.7. The second kappa shape index (κ2) is 25.5. The highest BCUT2D eigenvalue weighted by atomic mass is 32.2. The Morgan fingerprint density at radius 1 is 0.621 bits per heavy atom. The number of esters is 1. The molecule has 0 bridgehead atoms. The van der Waals surface area contributed by atoms with Gasteiger partial charge in [-0.3, -0.25) is 58.0 Å². The van der Waals surface area contributed by atoms with Gasteiger partial charge in [-0.1, -0.05) is 47.8 Å². The molecule has 0 spiro atoms. The smallest absolute Gasteiger partial charge is 0.360 e. The Morgan fingerprint density at radius 3 is 1.46 bits per heavy atom. The third kappa shape index (κ3) is 12.1. The number of amides is 12. The summed E-state index contributed by atoms with van der Waals surface area (Å²) in [6.45, 7) is 3.41. The molecular weight excluding hydrogens is 1220 g/mol. The quantitative estimate of drug-likeness (QED) is 0.0193. The van der Waals surface area contributed by atoms with Gasteiger partial charge in [-0.15, -0.1) is 33.7 Å². The summed E-state index contributed by atoms with van der Waals surface area (Å²) in [5.41, 5.74) is 0.498. The number of hydrogen-bond donors (Lipinski definition) is 6. The van der Waals surface area contributed by atoms with Gasteiger partial charge in [0.05, 0.1) is 0 Å². The number of nitrogens with zero attached hydrogens (tertiary/aromatic N) is 14. The standard InChI is InChI=1S/C50H52N18O15S4/c1-5-63-15-17-65(41(76)39(63)74)47(81)53-29(23-7-11-27(69)12-8-23)35(70)52-32-38(73)68-34(26(20-85-44(32)68)22-87-50-56-58-60-62(50)4)46(80)83-28-13-9-24(10-14-28)30(54-48(82)66-18-16-64(6-2)40(75)42(66)77)36(71)51-31-37(72)67-33(45(78)79)25(19-84-43(31)67)21-86-49-55-57-59-61(49)3/h7-14,29-32,43-44,69H,5-6,15-22H2,1-4H3,(H,51,71)(H,52,70)(H,53,81)(H,54,82)(H,78,79)/t29-,30-,31-,32-,43-,44-/m1/s1. The van der Waals surface area contributed by atoms with Crippen molar-refractivity contribution in [1.29, 1.82) is 0 Å². The SMILES string of the molecule is CCN1CCN(C(=O)N[C@@H](C(=O)N[C@@H]2C(=O)N3C(C(=O)O)=C(CSc4nnnn4C)CS[C@H]23)c2ccc(OC(=O)C3=C(CSc4nnnn4C)CS[C@@H]4[C@H](NC(=O)[C@H](NC(=O)N5CCN(CC)C(=O)C5=O)c5ccc(O)cc5)C(=O)N34)cc2)C(=O)C1=O. The van der Waals surface area contributed by atoms with Crippen molar-refractivity contribution in [3.63, 3.8) is 0 Å². The number of carboxylic acids is 1. The lowest BCUT2D eigenvalue weighted by Gasteiger charge is -2.50. The van der Waals surface area contributed by atoms with Crippen molar-refractivity contribution in [1.82, 2.24) is 91.1 Å². The molecule has 2 aromatic heterocycles. The van der Waals surface area contributed by atoms with E-state index in [0.29, 0.717) is 31.3 Å². The molecule has 0 aliphatic carbocycles. The van der Waals surface area contributed by atoms with Crippen molar-refractivity contribution in [2.24, 2.45) is 14.1 Å². The number of nitrogens with one attached hydrogen (secondary N) is 4. The molecule has 37 heteroatoms. The van der Waals surface area contributed by atoms with Crippen LogP contribution < -0.4 is 26.0 Å². The highest BCUT2D eigenvalue weighted by Gasteiger charge is 2.56. The molecule has 8 heterocycles. The third-order valence-corrected chi connectivity index (χ3v) is 19.5. The average Bonchev–Trinajstić information content (AvgIpc) is 0.894. The minimum Gasteiger partial charge on any atom is -0.508 e. The maximum Gasteiger partial charge on any atom is 0.360 e. The predicted octanol–water partition coefficient (Wildman–Crippen LogP) is -2.10. The molecule has 6 aliphatic rings. The number of imide groups is 2. The van der Waals surface area contributed by atoms with E-state index in [1.54, 1.807) is 27.9 Å². The molecule has 6 aliphatic heterocycles. The molecular formula is C50H52N18O15S4. The second-order valence-corrected chi connectivity index (χ2v) is 23.8. The van der Waals surface area contributed by atoms with E-state index < -0.39 is 106 Å². The van der Waals surface area contributed by atoms with Crippen molar-refractivity contribution >= 4 is 118 Å². The van der Waals surface area contributed by atoms with E-state index in [1.807, 2.05) is 0 Å². The maximum absolute atomic E-state index is 14.6. The molecule has 6 N–H and O–H groups in total. The van der Waals surface area contributed by atoms with Gasteiger partial charge in [0.2, 0.25) is 22.1 Å². The van der Waals surface area contributed by atoms with Crippen LogP contribution in [-0.2, 0) is 62.0 Å². The summed E-state index contributed by atoms with van der Waals surface area (Å²) in [5, 5.41) is 52.3. The number of rotatable bonds is 19. The minimum absolute atomic E-state index is 0.00559. The lowest BCUT2D eigenvalue weighted by molar-refractivity contribution is -0.153. The number of aromatic nitrogens is 8. The number of urea groups is 2. The number of carbonyl (C=O) groups is 12. The Morgan fingerprint density at radius 2 is 1.05 bits per heavy atom. The van der Waals surface area contributed by atoms with E-state index in [-0.39, 0.29) is 96.3 Å². The molecule has 4 fully saturated rings. The number of tetrazole rings is 2. The Hall–Kier alpha value is -9.10. The van der Waals surface area contributed by atoms with Crippen molar-refractivity contribution in [2.45, 2.75) is 59.1 Å². The van der Waals surface area contributed by atoms with Gasteiger partial charge in [-0.2, -0.15) is 0 Å². The fourth-order valence-electron chi connectivity index (χ4n) is 9.93. The van der Waals surface area contributed by atoms with Gasteiger partial charge in [0.15, 0.2) is 0 Å². The van der Waals surface area contributed by atoms with E-state index in [1.165, 1.54) is 91.2 Å². The van der Waals surface area contributed by atoms with Gasteiger partial charge in [-0.05, 0) is 81.2 Å². The van der Waals surface area contributed by atoms with Crippen LogP contribution in [0.2, 0.25) is 0 Å². The Labute approximate surface area is 508 Å². The van der Waals surface area contributed by atoms with Crippen LogP contribution in [0.4, 0.5) is 9.59 Å². The maximum atomic E-state index is 14.6. The van der Waals surface area contributed by atoms with Crippen molar-refractivity contribution in [2.75, 3.05) is 62.3 Å². The largest absolute Gasteiger partial charge is 0.508 e. The van der Waals surface area contributed by atoms with Crippen LogP contribution in [0.3, 0.4) is 0 Å². The zero-order chi connectivity index (χ0) is 62.1. The number of hydrogen-bond acceptors (Lipinski definition) is 24. The molecule has 4 aromatic rings. The van der Waals surface area contributed by atoms with Gasteiger partial charge in [0.1, 0.15) is 57.8 Å². The summed E-state index contributed by atoms with van der Waals surface area (Å²) in [5.74, 6) is -9.81. The van der Waals surface area contributed by atoms with Crippen LogP contribution in [-0.4, -0.2) is 236 Å². The first-order valence-corrected chi connectivity index (χ1v) is 30.6. The molecule has 6 atom stereocenters. The molecule has 12 amide bonds. The molecule has 4 saturated heterocycles. The summed E-state index contributed by atoms with van der Waals surface area (Å²) in [6, 6.07) is 2.29. The van der Waals surface area contributed by atoms with Crippen LogP contribution >= 0.6 is 47.0 Å².